The number of hydrogen-bond acceptors (Lipinski definition) is 2. The van der Waals surface area contributed by atoms with Crippen molar-refractivity contribution >= 4 is 10.0 Å². The molecule has 2 aliphatic carbocycles. The third kappa shape index (κ3) is 2.81. The fraction of sp³-hybridized carbons (Fsp3) is 0.368. The maximum atomic E-state index is 12.7. The van der Waals surface area contributed by atoms with Crippen molar-refractivity contribution in [1.29, 1.82) is 0 Å². The number of sulfonamides is 1. The van der Waals surface area contributed by atoms with Crippen LogP contribution in [0, 0.1) is 0 Å². The van der Waals surface area contributed by atoms with E-state index in [2.05, 4.69) is 16.9 Å². The van der Waals surface area contributed by atoms with E-state index in [9.17, 15) is 8.42 Å². The van der Waals surface area contributed by atoms with Crippen LogP contribution in [0.2, 0.25) is 0 Å². The fourth-order valence-electron chi connectivity index (χ4n) is 3.80. The zero-order valence-corrected chi connectivity index (χ0v) is 13.9. The Balaban J connectivity index is 1.62. The smallest absolute Gasteiger partial charge is 0.208 e. The van der Waals surface area contributed by atoms with Gasteiger partial charge in [0.15, 0.2) is 0 Å². The first-order valence-corrected chi connectivity index (χ1v) is 9.85. The fourth-order valence-corrected chi connectivity index (χ4v) is 5.15. The average molecular weight is 327 g/mol. The molecule has 0 radical (unpaired) electrons. The van der Waals surface area contributed by atoms with Gasteiger partial charge in [-0.15, -0.1) is 0 Å². The largest absolute Gasteiger partial charge is 0.240 e. The summed E-state index contributed by atoms with van der Waals surface area (Å²) in [7, 11) is -3.42. The van der Waals surface area contributed by atoms with Crippen LogP contribution in [-0.2, 0) is 16.4 Å². The van der Waals surface area contributed by atoms with Crippen LogP contribution in [0.3, 0.4) is 0 Å². The van der Waals surface area contributed by atoms with E-state index >= 15 is 0 Å². The second-order valence-electron chi connectivity index (χ2n) is 6.61. The van der Waals surface area contributed by atoms with Gasteiger partial charge in [0.25, 0.3) is 0 Å². The van der Waals surface area contributed by atoms with Gasteiger partial charge < -0.3 is 0 Å². The molecule has 0 heterocycles. The highest BCUT2D eigenvalue weighted by molar-refractivity contribution is 7.89. The molecule has 0 aliphatic heterocycles. The third-order valence-electron chi connectivity index (χ3n) is 5.00. The molecule has 4 heteroatoms. The van der Waals surface area contributed by atoms with Crippen LogP contribution in [0.25, 0.3) is 11.1 Å². The number of rotatable bonds is 3. The van der Waals surface area contributed by atoms with Crippen LogP contribution >= 0.6 is 0 Å². The maximum Gasteiger partial charge on any atom is 0.240 e. The maximum absolute atomic E-state index is 12.7. The van der Waals surface area contributed by atoms with Crippen LogP contribution in [0.4, 0.5) is 0 Å². The Morgan fingerprint density at radius 1 is 0.870 bits per heavy atom. The molecule has 23 heavy (non-hydrogen) atoms. The normalized spacial score (nSPS) is 17.7. The second kappa shape index (κ2) is 5.77. The molecule has 1 N–H and O–H groups in total. The van der Waals surface area contributed by atoms with Crippen molar-refractivity contribution in [1.82, 2.24) is 4.72 Å². The first-order valence-electron chi connectivity index (χ1n) is 8.37. The van der Waals surface area contributed by atoms with Gasteiger partial charge in [0, 0.05) is 6.04 Å². The molecule has 0 unspecified atom stereocenters. The van der Waals surface area contributed by atoms with Crippen molar-refractivity contribution < 1.29 is 8.42 Å². The molecule has 0 bridgehead atoms. The molecule has 0 aromatic heterocycles. The molecule has 0 spiro atoms. The quantitative estimate of drug-likeness (QED) is 0.794. The molecule has 1 fully saturated rings. The van der Waals surface area contributed by atoms with Gasteiger partial charge >= 0.3 is 0 Å². The van der Waals surface area contributed by atoms with Crippen molar-refractivity contribution in [3.63, 3.8) is 0 Å². The predicted molar refractivity (Wildman–Crippen MR) is 91.9 cm³/mol. The number of nitrogens with one attached hydrogen (secondary N) is 1. The van der Waals surface area contributed by atoms with Crippen LogP contribution in [-0.4, -0.2) is 14.5 Å². The lowest BCUT2D eigenvalue weighted by atomic mass is 9.96. The lowest BCUT2D eigenvalue weighted by Gasteiger charge is -2.22. The predicted octanol–water partition coefficient (Wildman–Crippen LogP) is 3.87. The minimum atomic E-state index is -3.42. The van der Waals surface area contributed by atoms with E-state index in [-0.39, 0.29) is 6.04 Å². The van der Waals surface area contributed by atoms with Crippen LogP contribution in [0.15, 0.2) is 47.4 Å². The molecule has 4 rings (SSSR count). The van der Waals surface area contributed by atoms with Gasteiger partial charge in [-0.1, -0.05) is 49.6 Å². The summed E-state index contributed by atoms with van der Waals surface area (Å²) < 4.78 is 28.2. The Morgan fingerprint density at radius 3 is 2.43 bits per heavy atom. The lowest BCUT2D eigenvalue weighted by molar-refractivity contribution is 0.412. The van der Waals surface area contributed by atoms with E-state index in [1.54, 1.807) is 6.07 Å². The minimum Gasteiger partial charge on any atom is -0.208 e. The summed E-state index contributed by atoms with van der Waals surface area (Å²) in [6.45, 7) is 0. The Morgan fingerprint density at radius 2 is 1.61 bits per heavy atom. The molecule has 0 atom stereocenters. The summed E-state index contributed by atoms with van der Waals surface area (Å²) in [6, 6.07) is 13.9. The van der Waals surface area contributed by atoms with Gasteiger partial charge in [-0.25, -0.2) is 13.1 Å². The molecule has 0 amide bonds. The highest BCUT2D eigenvalue weighted by atomic mass is 32.2. The van der Waals surface area contributed by atoms with Crippen molar-refractivity contribution in [2.75, 3.05) is 0 Å². The topological polar surface area (TPSA) is 46.2 Å². The average Bonchev–Trinajstić information content (AvgIpc) is 2.93. The van der Waals surface area contributed by atoms with E-state index < -0.39 is 10.0 Å². The summed E-state index contributed by atoms with van der Waals surface area (Å²) in [6.07, 6.45) is 6.18. The van der Waals surface area contributed by atoms with Crippen molar-refractivity contribution in [2.24, 2.45) is 0 Å². The van der Waals surface area contributed by atoms with Gasteiger partial charge in [0.05, 0.1) is 4.90 Å². The monoisotopic (exact) mass is 327 g/mol. The van der Waals surface area contributed by atoms with Crippen molar-refractivity contribution in [2.45, 2.75) is 49.5 Å². The number of hydrogen-bond donors (Lipinski definition) is 1. The van der Waals surface area contributed by atoms with E-state index in [1.165, 1.54) is 17.5 Å². The Bertz CT molecular complexity index is 836. The van der Waals surface area contributed by atoms with Gasteiger partial charge in [-0.05, 0) is 53.6 Å². The SMILES string of the molecule is O=S(=O)(NC1CCCCC1)c1ccc2c(c1)Cc1ccccc1-2. The van der Waals surface area contributed by atoms with Crippen LogP contribution < -0.4 is 4.72 Å². The minimum absolute atomic E-state index is 0.0965. The molecule has 3 nitrogen and oxygen atoms in total. The molecule has 120 valence electrons. The lowest BCUT2D eigenvalue weighted by Crippen LogP contribution is -2.36. The van der Waals surface area contributed by atoms with E-state index in [0.717, 1.165) is 43.2 Å². The Labute approximate surface area is 137 Å². The molecule has 2 aromatic rings. The molecule has 0 saturated heterocycles. The van der Waals surface area contributed by atoms with E-state index in [1.807, 2.05) is 24.3 Å². The van der Waals surface area contributed by atoms with Gasteiger partial charge in [0.1, 0.15) is 0 Å². The Kier molecular flexibility index (Phi) is 3.74. The molecule has 2 aromatic carbocycles. The Hall–Kier alpha value is -1.65. The van der Waals surface area contributed by atoms with E-state index in [4.69, 9.17) is 0 Å². The number of fused-ring (bicyclic) bond motifs is 3. The molecule has 1 saturated carbocycles. The molecular formula is C19H21NO2S. The third-order valence-corrected chi connectivity index (χ3v) is 6.52. The second-order valence-corrected chi connectivity index (χ2v) is 8.32. The summed E-state index contributed by atoms with van der Waals surface area (Å²) in [5.74, 6) is 0. The molecule has 2 aliphatic rings. The summed E-state index contributed by atoms with van der Waals surface area (Å²) >= 11 is 0. The summed E-state index contributed by atoms with van der Waals surface area (Å²) in [5.41, 5.74) is 4.78. The van der Waals surface area contributed by atoms with E-state index in [0.29, 0.717) is 4.90 Å². The van der Waals surface area contributed by atoms with Crippen molar-refractivity contribution in [3.05, 3.63) is 53.6 Å². The van der Waals surface area contributed by atoms with Gasteiger partial charge in [-0.2, -0.15) is 0 Å². The highest BCUT2D eigenvalue weighted by Gasteiger charge is 2.24. The molecular weight excluding hydrogens is 306 g/mol. The summed E-state index contributed by atoms with van der Waals surface area (Å²) in [5, 5.41) is 0. The first kappa shape index (κ1) is 14.9. The van der Waals surface area contributed by atoms with Gasteiger partial charge in [-0.3, -0.25) is 0 Å². The van der Waals surface area contributed by atoms with Crippen LogP contribution in [0.1, 0.15) is 43.2 Å². The zero-order chi connectivity index (χ0) is 15.9. The number of benzene rings is 2. The highest BCUT2D eigenvalue weighted by Crippen LogP contribution is 2.37. The summed E-state index contributed by atoms with van der Waals surface area (Å²) in [4.78, 5) is 0.398. The van der Waals surface area contributed by atoms with Gasteiger partial charge in [0.2, 0.25) is 10.0 Å². The van der Waals surface area contributed by atoms with Crippen molar-refractivity contribution in [3.8, 4) is 11.1 Å². The first-order chi connectivity index (χ1) is 11.1. The standard InChI is InChI=1S/C19H21NO2S/c21-23(22,20-16-7-2-1-3-8-16)17-10-11-19-15(13-17)12-14-6-4-5-9-18(14)19/h4-6,9-11,13,16,20H,1-3,7-8,12H2. The zero-order valence-electron chi connectivity index (χ0n) is 13.1. The van der Waals surface area contributed by atoms with Crippen LogP contribution in [0.5, 0.6) is 0 Å².